The predicted molar refractivity (Wildman–Crippen MR) is 130 cm³/mol. The van der Waals surface area contributed by atoms with Crippen molar-refractivity contribution in [3.05, 3.63) is 59.0 Å². The largest absolute Gasteiger partial charge is 0.495 e. The summed E-state index contributed by atoms with van der Waals surface area (Å²) in [6.07, 6.45) is -2.86. The highest BCUT2D eigenvalue weighted by atomic mass is 19.3. The molecule has 0 spiro atoms. The average molecular weight is 491 g/mol. The van der Waals surface area contributed by atoms with Crippen molar-refractivity contribution in [1.29, 1.82) is 0 Å². The van der Waals surface area contributed by atoms with E-state index >= 15 is 0 Å². The number of carboxylic acid groups (broad SMARTS) is 1. The number of nitrogens with zero attached hydrogens (tertiary/aromatic N) is 2. The fourth-order valence-corrected chi connectivity index (χ4v) is 4.19. The molecule has 0 aliphatic carbocycles. The van der Waals surface area contributed by atoms with Crippen molar-refractivity contribution in [2.75, 3.05) is 43.5 Å². The lowest BCUT2D eigenvalue weighted by molar-refractivity contribution is -0.122. The van der Waals surface area contributed by atoms with Crippen LogP contribution in [0.25, 0.3) is 10.9 Å². The number of hydrogen-bond acceptors (Lipinski definition) is 6. The highest BCUT2D eigenvalue weighted by molar-refractivity contribution is 5.96. The number of piperazine rings is 1. The summed E-state index contributed by atoms with van der Waals surface area (Å²) in [5.74, 6) is -0.132. The number of ether oxygens (including phenoxy) is 1. The van der Waals surface area contributed by atoms with Crippen molar-refractivity contribution < 1.29 is 27.8 Å². The zero-order valence-electron chi connectivity index (χ0n) is 19.8. The molecule has 4 rings (SSSR count). The molecule has 1 fully saturated rings. The summed E-state index contributed by atoms with van der Waals surface area (Å²) in [6.45, 7) is 6.86. The molecular formula is C25H29F3N4O3. The number of halogens is 3. The fraction of sp³-hybridized carbons (Fsp3) is 0.360. The van der Waals surface area contributed by atoms with Crippen LogP contribution in [0.5, 0.6) is 5.75 Å². The predicted octanol–water partition coefficient (Wildman–Crippen LogP) is 4.91. The average Bonchev–Trinajstić information content (AvgIpc) is 2.84. The first-order valence-corrected chi connectivity index (χ1v) is 11.2. The lowest BCUT2D eigenvalue weighted by atomic mass is 10.0. The van der Waals surface area contributed by atoms with Gasteiger partial charge in [0.1, 0.15) is 11.6 Å². The van der Waals surface area contributed by atoms with Crippen LogP contribution in [-0.4, -0.2) is 49.9 Å². The Kier molecular flexibility index (Phi) is 8.75. The molecule has 188 valence electrons. The molecule has 35 heavy (non-hydrogen) atoms. The maximum Gasteiger partial charge on any atom is 0.290 e. The lowest BCUT2D eigenvalue weighted by Crippen LogP contribution is -2.43. The van der Waals surface area contributed by atoms with Crippen molar-refractivity contribution in [1.82, 2.24) is 10.3 Å². The van der Waals surface area contributed by atoms with Gasteiger partial charge in [-0.1, -0.05) is 18.2 Å². The minimum atomic E-state index is -2.86. The zero-order valence-corrected chi connectivity index (χ0v) is 19.8. The number of methoxy groups -OCH3 is 1. The monoisotopic (exact) mass is 490 g/mol. The van der Waals surface area contributed by atoms with Crippen molar-refractivity contribution in [2.45, 2.75) is 26.3 Å². The smallest absolute Gasteiger partial charge is 0.290 e. The molecule has 2 aromatic carbocycles. The number of nitrogens with one attached hydrogen (secondary N) is 2. The van der Waals surface area contributed by atoms with Crippen molar-refractivity contribution in [3.63, 3.8) is 0 Å². The van der Waals surface area contributed by atoms with E-state index in [-0.39, 0.29) is 12.0 Å². The Morgan fingerprint density at radius 2 is 1.86 bits per heavy atom. The third-order valence-electron chi connectivity index (χ3n) is 5.83. The number of carbonyl (C=O) groups is 1. The molecule has 0 amide bonds. The lowest BCUT2D eigenvalue weighted by Gasteiger charge is -2.31. The molecule has 1 saturated heterocycles. The molecule has 1 aliphatic heterocycles. The van der Waals surface area contributed by atoms with Gasteiger partial charge in [0, 0.05) is 54.6 Å². The highest BCUT2D eigenvalue weighted by Crippen LogP contribution is 2.37. The fourth-order valence-electron chi connectivity index (χ4n) is 4.19. The summed E-state index contributed by atoms with van der Waals surface area (Å²) in [6, 6.07) is 9.42. The van der Waals surface area contributed by atoms with Crippen LogP contribution in [-0.2, 0) is 4.79 Å². The molecule has 0 bridgehead atoms. The van der Waals surface area contributed by atoms with Gasteiger partial charge in [0.2, 0.25) is 0 Å². The Hall–Kier alpha value is -3.53. The van der Waals surface area contributed by atoms with Crippen molar-refractivity contribution >= 4 is 28.7 Å². The van der Waals surface area contributed by atoms with Gasteiger partial charge in [0.25, 0.3) is 12.9 Å². The van der Waals surface area contributed by atoms with E-state index in [1.165, 1.54) is 12.1 Å². The third-order valence-corrected chi connectivity index (χ3v) is 5.83. The topological polar surface area (TPSA) is 86.7 Å². The van der Waals surface area contributed by atoms with E-state index in [1.807, 2.05) is 25.1 Å². The van der Waals surface area contributed by atoms with Crippen LogP contribution < -0.4 is 20.3 Å². The minimum Gasteiger partial charge on any atom is -0.495 e. The molecule has 0 radical (unpaired) electrons. The van der Waals surface area contributed by atoms with E-state index in [9.17, 15) is 13.2 Å². The maximum atomic E-state index is 14.7. The van der Waals surface area contributed by atoms with Crippen LogP contribution in [0, 0.1) is 12.7 Å². The van der Waals surface area contributed by atoms with E-state index < -0.39 is 23.8 Å². The summed E-state index contributed by atoms with van der Waals surface area (Å²) >= 11 is 0. The van der Waals surface area contributed by atoms with Crippen LogP contribution in [0.15, 0.2) is 36.4 Å². The first-order chi connectivity index (χ1) is 16.8. The summed E-state index contributed by atoms with van der Waals surface area (Å²) in [5.41, 5.74) is 2.87. The standard InChI is InChI=1S/C24H27F3N4O.CH2O2/c1-14-11-19(30-15(2)16-5-4-6-17(23(16)25)24(26)27)18-12-21(31-9-7-28-8-10-31)22(32-3)13-20(18)29-14;2-1-3/h4-6,11-13,15,24,28H,7-10H2,1-3H3,(H,29,30);1H,(H,2,3)/t15-;/m1./s1. The zero-order chi connectivity index (χ0) is 25.5. The summed E-state index contributed by atoms with van der Waals surface area (Å²) in [5, 5.41) is 14.4. The van der Waals surface area contributed by atoms with Gasteiger partial charge in [-0.15, -0.1) is 0 Å². The molecular weight excluding hydrogens is 461 g/mol. The van der Waals surface area contributed by atoms with Gasteiger partial charge in [0.05, 0.1) is 29.9 Å². The summed E-state index contributed by atoms with van der Waals surface area (Å²) in [4.78, 5) is 15.3. The molecule has 10 heteroatoms. The van der Waals surface area contributed by atoms with E-state index in [1.54, 1.807) is 14.0 Å². The van der Waals surface area contributed by atoms with Crippen LogP contribution in [0.1, 0.15) is 36.2 Å². The number of benzene rings is 2. The van der Waals surface area contributed by atoms with Crippen molar-refractivity contribution in [3.8, 4) is 5.75 Å². The molecule has 2 heterocycles. The van der Waals surface area contributed by atoms with E-state index in [0.29, 0.717) is 0 Å². The molecule has 3 aromatic rings. The number of fused-ring (bicyclic) bond motifs is 1. The second kappa shape index (κ2) is 11.7. The third kappa shape index (κ3) is 5.94. The van der Waals surface area contributed by atoms with E-state index in [2.05, 4.69) is 20.5 Å². The second-order valence-electron chi connectivity index (χ2n) is 8.11. The Labute approximate surface area is 201 Å². The number of anilines is 2. The Balaban J connectivity index is 0.00000108. The quantitative estimate of drug-likeness (QED) is 0.423. The highest BCUT2D eigenvalue weighted by Gasteiger charge is 2.21. The van der Waals surface area contributed by atoms with E-state index in [0.717, 1.165) is 66.0 Å². The van der Waals surface area contributed by atoms with Gasteiger partial charge in [-0.25, -0.2) is 13.2 Å². The van der Waals surface area contributed by atoms with Gasteiger partial charge in [0.15, 0.2) is 0 Å². The first-order valence-electron chi connectivity index (χ1n) is 11.2. The van der Waals surface area contributed by atoms with E-state index in [4.69, 9.17) is 14.6 Å². The van der Waals surface area contributed by atoms with Crippen LogP contribution in [0.2, 0.25) is 0 Å². The molecule has 0 unspecified atom stereocenters. The molecule has 7 nitrogen and oxygen atoms in total. The number of rotatable bonds is 6. The molecule has 1 atom stereocenters. The number of aryl methyl sites for hydroxylation is 1. The Morgan fingerprint density at radius 3 is 2.49 bits per heavy atom. The SMILES string of the molecule is COc1cc2nc(C)cc(N[C@H](C)c3cccc(C(F)F)c3F)c2cc1N1CCNCC1.O=CO. The number of pyridine rings is 1. The summed E-state index contributed by atoms with van der Waals surface area (Å²) < 4.78 is 46.7. The molecule has 3 N–H and O–H groups in total. The normalized spacial score (nSPS) is 14.3. The van der Waals surface area contributed by atoms with Gasteiger partial charge < -0.3 is 25.4 Å². The van der Waals surface area contributed by atoms with Gasteiger partial charge >= 0.3 is 0 Å². The Morgan fingerprint density at radius 1 is 1.20 bits per heavy atom. The molecule has 1 aliphatic rings. The van der Waals surface area contributed by atoms with Gasteiger partial charge in [-0.3, -0.25) is 9.78 Å². The molecule has 1 aromatic heterocycles. The second-order valence-corrected chi connectivity index (χ2v) is 8.11. The minimum absolute atomic E-state index is 0.196. The van der Waals surface area contributed by atoms with Crippen LogP contribution in [0.4, 0.5) is 24.5 Å². The van der Waals surface area contributed by atoms with Crippen LogP contribution >= 0.6 is 0 Å². The van der Waals surface area contributed by atoms with Crippen LogP contribution in [0.3, 0.4) is 0 Å². The number of alkyl halides is 2. The first kappa shape index (κ1) is 26.1. The Bertz CT molecular complexity index is 1170. The van der Waals surface area contributed by atoms with Gasteiger partial charge in [-0.2, -0.15) is 0 Å². The number of hydrogen-bond donors (Lipinski definition) is 3. The molecule has 0 saturated carbocycles. The maximum absolute atomic E-state index is 14.7. The van der Waals surface area contributed by atoms with Gasteiger partial charge in [-0.05, 0) is 26.0 Å². The number of aromatic nitrogens is 1. The summed E-state index contributed by atoms with van der Waals surface area (Å²) in [7, 11) is 1.64. The van der Waals surface area contributed by atoms with Crippen molar-refractivity contribution in [2.24, 2.45) is 0 Å².